The third kappa shape index (κ3) is 6.04. The second-order valence-corrected chi connectivity index (χ2v) is 12.5. The zero-order chi connectivity index (χ0) is 30.8. The molecular weight excluding hydrogens is 554 g/mol. The number of hydrogen-bond donors (Lipinski definition) is 2. The summed E-state index contributed by atoms with van der Waals surface area (Å²) in [5.41, 5.74) is 11.9. The van der Waals surface area contributed by atoms with Gasteiger partial charge in [0.2, 0.25) is 5.91 Å². The van der Waals surface area contributed by atoms with Crippen LogP contribution in [0, 0.1) is 6.92 Å². The first-order valence-corrected chi connectivity index (χ1v) is 16.3. The van der Waals surface area contributed by atoms with E-state index < -0.39 is 0 Å². The lowest BCUT2D eigenvalue weighted by atomic mass is 10.1. The normalized spacial score (nSPS) is 20.7. The summed E-state index contributed by atoms with van der Waals surface area (Å²) in [6, 6.07) is 9.75. The standard InChI is InChI=1S/C34H45N7O3/c1-22-27-15-14-24-18-28(40(33(24)37-27)17-10-8-6-4-5-7-9-13-30(42)36-22)32-23(2)41-29(38-32)19-25(20-31(41)44-3)34(43)39-16-11-12-26(35)21-39/h14-15,18-20,22,26H,4-13,16-17,21,35H2,1-3H3,(H,36,42)/t22-,26-/m1/s1. The average Bonchev–Trinajstić information content (AvgIpc) is 3.55. The van der Waals surface area contributed by atoms with Gasteiger partial charge >= 0.3 is 0 Å². The fraction of sp³-hybridized carbons (Fsp3) is 0.529. The smallest absolute Gasteiger partial charge is 0.254 e. The molecule has 2 amide bonds. The summed E-state index contributed by atoms with van der Waals surface area (Å²) < 4.78 is 10.1. The number of carbonyl (C=O) groups is 2. The molecule has 44 heavy (non-hydrogen) atoms. The van der Waals surface area contributed by atoms with Crippen molar-refractivity contribution in [1.29, 1.82) is 0 Å². The van der Waals surface area contributed by atoms with Crippen molar-refractivity contribution in [3.63, 3.8) is 0 Å². The average molecular weight is 600 g/mol. The quantitative estimate of drug-likeness (QED) is 0.319. The Bertz CT molecular complexity index is 1670. The molecule has 2 aliphatic rings. The molecule has 3 N–H and O–H groups in total. The van der Waals surface area contributed by atoms with E-state index in [0.29, 0.717) is 36.6 Å². The van der Waals surface area contributed by atoms with E-state index in [4.69, 9.17) is 20.4 Å². The van der Waals surface area contributed by atoms with Crippen LogP contribution in [0.3, 0.4) is 0 Å². The Morgan fingerprint density at radius 3 is 2.55 bits per heavy atom. The summed E-state index contributed by atoms with van der Waals surface area (Å²) in [5, 5.41) is 4.18. The minimum absolute atomic E-state index is 0.00526. The third-order valence-electron chi connectivity index (χ3n) is 9.23. The van der Waals surface area contributed by atoms with Crippen LogP contribution in [0.2, 0.25) is 0 Å². The predicted molar refractivity (Wildman–Crippen MR) is 172 cm³/mol. The zero-order valence-corrected chi connectivity index (χ0v) is 26.3. The number of nitrogens with zero attached hydrogens (tertiary/aromatic N) is 5. The SMILES string of the molecule is COc1cc(C(=O)N2CCC[C@@H](N)C2)cc2nc(-c3cc4ccc5nc4n3CCCCCCCCCC(=O)N[C@@H]5C)c(C)n12. The molecule has 2 bridgehead atoms. The monoisotopic (exact) mass is 599 g/mol. The van der Waals surface area contributed by atoms with Crippen LogP contribution in [0.5, 0.6) is 5.88 Å². The van der Waals surface area contributed by atoms with Gasteiger partial charge in [-0.2, -0.15) is 0 Å². The third-order valence-corrected chi connectivity index (χ3v) is 9.23. The molecular formula is C34H45N7O3. The zero-order valence-electron chi connectivity index (χ0n) is 26.3. The van der Waals surface area contributed by atoms with Gasteiger partial charge in [0.05, 0.1) is 30.2 Å². The molecule has 10 nitrogen and oxygen atoms in total. The number of pyridine rings is 2. The minimum Gasteiger partial charge on any atom is -0.482 e. The van der Waals surface area contributed by atoms with Gasteiger partial charge in [-0.05, 0) is 63.8 Å². The second kappa shape index (κ2) is 13.0. The molecule has 0 spiro atoms. The number of aromatic nitrogens is 4. The second-order valence-electron chi connectivity index (χ2n) is 12.5. The molecule has 10 heteroatoms. The first-order chi connectivity index (χ1) is 21.3. The molecule has 2 aliphatic heterocycles. The number of hydrogen-bond acceptors (Lipinski definition) is 6. The van der Waals surface area contributed by atoms with Crippen molar-refractivity contribution in [1.82, 2.24) is 29.2 Å². The molecule has 0 unspecified atom stereocenters. The Labute approximate surface area is 259 Å². The van der Waals surface area contributed by atoms with E-state index >= 15 is 0 Å². The number of amides is 2. The molecule has 1 fully saturated rings. The van der Waals surface area contributed by atoms with Gasteiger partial charge in [-0.15, -0.1) is 0 Å². The van der Waals surface area contributed by atoms with Crippen LogP contribution in [0.1, 0.15) is 98.9 Å². The summed E-state index contributed by atoms with van der Waals surface area (Å²) in [6.45, 7) is 6.12. The Hall–Kier alpha value is -3.92. The highest BCUT2D eigenvalue weighted by molar-refractivity contribution is 5.96. The molecule has 0 saturated carbocycles. The van der Waals surface area contributed by atoms with E-state index in [0.717, 1.165) is 78.9 Å². The van der Waals surface area contributed by atoms with Gasteiger partial charge in [-0.3, -0.25) is 14.0 Å². The van der Waals surface area contributed by atoms with Crippen LogP contribution in [0.25, 0.3) is 28.1 Å². The number of ether oxygens (including phenoxy) is 1. The number of nitrogens with one attached hydrogen (secondary N) is 1. The van der Waals surface area contributed by atoms with E-state index in [9.17, 15) is 9.59 Å². The van der Waals surface area contributed by atoms with Crippen LogP contribution in [0.15, 0.2) is 30.3 Å². The van der Waals surface area contributed by atoms with Crippen molar-refractivity contribution in [3.8, 4) is 17.3 Å². The number of aryl methyl sites for hydroxylation is 2. The number of rotatable bonds is 3. The van der Waals surface area contributed by atoms with Crippen LogP contribution in [0.4, 0.5) is 0 Å². The number of likely N-dealkylation sites (tertiary alicyclic amines) is 1. The van der Waals surface area contributed by atoms with Gasteiger partial charge < -0.3 is 25.3 Å². The minimum atomic E-state index is -0.182. The highest BCUT2D eigenvalue weighted by Crippen LogP contribution is 2.33. The summed E-state index contributed by atoms with van der Waals surface area (Å²) in [5.74, 6) is 0.602. The molecule has 0 aromatic carbocycles. The summed E-state index contributed by atoms with van der Waals surface area (Å²) in [4.78, 5) is 38.1. The Balaban J connectivity index is 1.42. The lowest BCUT2D eigenvalue weighted by Gasteiger charge is -2.30. The van der Waals surface area contributed by atoms with Crippen molar-refractivity contribution < 1.29 is 14.3 Å². The largest absolute Gasteiger partial charge is 0.482 e. The maximum absolute atomic E-state index is 13.5. The van der Waals surface area contributed by atoms with Crippen LogP contribution < -0.4 is 15.8 Å². The van der Waals surface area contributed by atoms with Crippen LogP contribution >= 0.6 is 0 Å². The number of fused-ring (bicyclic) bond motifs is 2. The fourth-order valence-electron chi connectivity index (χ4n) is 6.80. The van der Waals surface area contributed by atoms with Crippen molar-refractivity contribution in [2.45, 2.75) is 96.7 Å². The lowest BCUT2D eigenvalue weighted by Crippen LogP contribution is -2.45. The van der Waals surface area contributed by atoms with Gasteiger partial charge in [0, 0.05) is 49.1 Å². The number of carbonyl (C=O) groups excluding carboxylic acids is 2. The number of imidazole rings is 1. The Morgan fingerprint density at radius 1 is 1.00 bits per heavy atom. The van der Waals surface area contributed by atoms with Gasteiger partial charge in [-0.25, -0.2) is 9.97 Å². The molecule has 2 atom stereocenters. The molecule has 0 radical (unpaired) electrons. The van der Waals surface area contributed by atoms with Crippen LogP contribution in [-0.4, -0.2) is 61.9 Å². The Kier molecular flexibility index (Phi) is 8.88. The van der Waals surface area contributed by atoms with Gasteiger partial charge in [0.25, 0.3) is 5.91 Å². The van der Waals surface area contributed by atoms with Gasteiger partial charge in [0.15, 0.2) is 5.88 Å². The van der Waals surface area contributed by atoms with E-state index in [2.05, 4.69) is 22.0 Å². The van der Waals surface area contributed by atoms with Crippen molar-refractivity contribution in [3.05, 3.63) is 47.3 Å². The number of nitrogens with two attached hydrogens (primary N) is 1. The summed E-state index contributed by atoms with van der Waals surface area (Å²) in [6.07, 6.45) is 10.1. The van der Waals surface area contributed by atoms with Gasteiger partial charge in [0.1, 0.15) is 17.0 Å². The number of piperidine rings is 1. The Morgan fingerprint density at radius 2 is 1.77 bits per heavy atom. The summed E-state index contributed by atoms with van der Waals surface area (Å²) >= 11 is 0. The molecule has 4 aromatic rings. The van der Waals surface area contributed by atoms with Crippen molar-refractivity contribution in [2.75, 3.05) is 20.2 Å². The summed E-state index contributed by atoms with van der Waals surface area (Å²) in [7, 11) is 1.63. The van der Waals surface area contributed by atoms with Crippen molar-refractivity contribution >= 4 is 28.5 Å². The van der Waals surface area contributed by atoms with Crippen molar-refractivity contribution in [2.24, 2.45) is 5.73 Å². The fourth-order valence-corrected chi connectivity index (χ4v) is 6.80. The molecule has 4 aromatic heterocycles. The van der Waals surface area contributed by atoms with E-state index in [1.54, 1.807) is 7.11 Å². The molecule has 6 heterocycles. The van der Waals surface area contributed by atoms with E-state index in [-0.39, 0.29) is 23.9 Å². The molecule has 6 rings (SSSR count). The highest BCUT2D eigenvalue weighted by atomic mass is 16.5. The van der Waals surface area contributed by atoms with Gasteiger partial charge in [-0.1, -0.05) is 32.1 Å². The maximum atomic E-state index is 13.5. The first-order valence-electron chi connectivity index (χ1n) is 16.3. The van der Waals surface area contributed by atoms with Crippen LogP contribution in [-0.2, 0) is 11.3 Å². The molecule has 1 saturated heterocycles. The maximum Gasteiger partial charge on any atom is 0.254 e. The molecule has 0 aliphatic carbocycles. The highest BCUT2D eigenvalue weighted by Gasteiger charge is 2.26. The molecule has 234 valence electrons. The van der Waals surface area contributed by atoms with E-state index in [1.165, 1.54) is 19.3 Å². The topological polar surface area (TPSA) is 120 Å². The lowest BCUT2D eigenvalue weighted by molar-refractivity contribution is -0.121. The first kappa shape index (κ1) is 30.1. The predicted octanol–water partition coefficient (Wildman–Crippen LogP) is 5.54. The number of methoxy groups -OCH3 is 1. The van der Waals surface area contributed by atoms with E-state index in [1.807, 2.05) is 41.3 Å².